The Kier molecular flexibility index (Phi) is 4.61. The molecule has 0 bridgehead atoms. The van der Waals surface area contributed by atoms with Gasteiger partial charge in [-0.1, -0.05) is 57.2 Å². The molecule has 1 aromatic heterocycles. The van der Waals surface area contributed by atoms with Crippen LogP contribution in [0.2, 0.25) is 0 Å². The summed E-state index contributed by atoms with van der Waals surface area (Å²) in [5.74, 6) is -1.51. The van der Waals surface area contributed by atoms with Crippen molar-refractivity contribution >= 4 is 34.5 Å². The summed E-state index contributed by atoms with van der Waals surface area (Å²) in [5, 5.41) is 26.5. The van der Waals surface area contributed by atoms with Crippen molar-refractivity contribution in [2.45, 2.75) is 75.1 Å². The molecule has 3 aromatic rings. The molecule has 9 heteroatoms. The van der Waals surface area contributed by atoms with Crippen molar-refractivity contribution in [3.63, 3.8) is 0 Å². The summed E-state index contributed by atoms with van der Waals surface area (Å²) in [6, 6.07) is 15.4. The Morgan fingerprint density at radius 1 is 0.976 bits per heavy atom. The van der Waals surface area contributed by atoms with Gasteiger partial charge < -0.3 is 29.7 Å². The van der Waals surface area contributed by atoms with E-state index in [0.29, 0.717) is 12.0 Å². The normalized spacial score (nSPS) is 36.6. The molecule has 2 aromatic carbocycles. The van der Waals surface area contributed by atoms with Crippen LogP contribution in [0.3, 0.4) is 0 Å². The van der Waals surface area contributed by atoms with E-state index in [9.17, 15) is 15.0 Å². The lowest BCUT2D eigenvalue weighted by Gasteiger charge is -2.70. The van der Waals surface area contributed by atoms with E-state index in [-0.39, 0.29) is 23.6 Å². The molecule has 5 aliphatic heterocycles. The van der Waals surface area contributed by atoms with Crippen molar-refractivity contribution in [3.05, 3.63) is 71.0 Å². The van der Waals surface area contributed by atoms with Gasteiger partial charge in [-0.2, -0.15) is 0 Å². The van der Waals surface area contributed by atoms with Crippen molar-refractivity contribution in [1.29, 1.82) is 0 Å². The Balaban J connectivity index is 1.42. The van der Waals surface area contributed by atoms with Crippen molar-refractivity contribution in [1.82, 2.24) is 14.8 Å². The van der Waals surface area contributed by atoms with Crippen LogP contribution in [-0.4, -0.2) is 73.5 Å². The van der Waals surface area contributed by atoms with Gasteiger partial charge in [0.15, 0.2) is 17.4 Å². The number of anilines is 1. The number of carbonyl (C=O) groups excluding carboxylic acids is 2. The maximum Gasteiger partial charge on any atom is 0.283 e. The fourth-order valence-electron chi connectivity index (χ4n) is 9.16. The van der Waals surface area contributed by atoms with Gasteiger partial charge in [0.1, 0.15) is 5.70 Å². The number of benzene rings is 2. The van der Waals surface area contributed by atoms with Crippen LogP contribution in [0, 0.1) is 5.92 Å². The molecule has 0 unspecified atom stereocenters. The number of fused-ring (bicyclic) bond motifs is 8. The summed E-state index contributed by atoms with van der Waals surface area (Å²) in [7, 11) is 1.38. The van der Waals surface area contributed by atoms with E-state index in [1.807, 2.05) is 60.4 Å². The third kappa shape index (κ3) is 2.41. The van der Waals surface area contributed by atoms with Crippen molar-refractivity contribution < 1.29 is 24.5 Å². The van der Waals surface area contributed by atoms with E-state index in [0.717, 1.165) is 27.8 Å². The maximum absolute atomic E-state index is 15.0. The first-order valence-electron chi connectivity index (χ1n) is 14.7. The topological polar surface area (TPSA) is 109 Å². The van der Waals surface area contributed by atoms with Crippen molar-refractivity contribution in [2.75, 3.05) is 18.6 Å². The van der Waals surface area contributed by atoms with Gasteiger partial charge in [0.05, 0.1) is 0 Å². The van der Waals surface area contributed by atoms with Gasteiger partial charge in [0.2, 0.25) is 0 Å². The number of hydrogen-bond acceptors (Lipinski definition) is 6. The summed E-state index contributed by atoms with van der Waals surface area (Å²) in [5.41, 5.74) is -2.30. The number of ether oxygens (including phenoxy) is 1. The highest BCUT2D eigenvalue weighted by molar-refractivity contribution is 6.12. The molecule has 9 nitrogen and oxygen atoms in total. The number of aliphatic hydroxyl groups is 2. The highest BCUT2D eigenvalue weighted by Crippen LogP contribution is 2.74. The van der Waals surface area contributed by atoms with E-state index in [1.54, 1.807) is 6.08 Å². The van der Waals surface area contributed by atoms with Crippen LogP contribution in [-0.2, 0) is 25.3 Å². The molecule has 1 spiro atoms. The number of carbonyl (C=O) groups is 2. The second-order valence-electron chi connectivity index (χ2n) is 13.8. The first-order valence-corrected chi connectivity index (χ1v) is 14.7. The number of aromatic nitrogens is 1. The van der Waals surface area contributed by atoms with Crippen LogP contribution < -0.4 is 4.90 Å². The standard InChI is InChI=1S/C33H36N4O5/c1-18-30(4,5)36-23-14-10-8-12-21(23)31(40)27(42-6)32(41)28(39)35-16-15-29(2,3)25-20(19-11-7-9-13-22(19)34-25)17-24(35)26(38)37(32)33(18,31)36/h7-14,17-18,27,34,40-41H,15-16H2,1-6H3/b24-17-/t18-,27+,31+,32+,33+/m0/s1. The first kappa shape index (κ1) is 26.0. The average Bonchev–Trinajstić information content (AvgIpc) is 3.49. The van der Waals surface area contributed by atoms with Crippen LogP contribution in [0.4, 0.5) is 5.69 Å². The molecular weight excluding hydrogens is 532 g/mol. The predicted molar refractivity (Wildman–Crippen MR) is 157 cm³/mol. The molecule has 0 aliphatic carbocycles. The van der Waals surface area contributed by atoms with Crippen molar-refractivity contribution in [2.24, 2.45) is 5.92 Å². The van der Waals surface area contributed by atoms with Crippen LogP contribution >= 0.6 is 0 Å². The van der Waals surface area contributed by atoms with Gasteiger partial charge in [0.25, 0.3) is 17.5 Å². The fourth-order valence-corrected chi connectivity index (χ4v) is 9.16. The number of rotatable bonds is 1. The molecule has 2 amide bonds. The molecule has 3 N–H and O–H groups in total. The molecule has 5 aliphatic rings. The number of nitrogens with one attached hydrogen (secondary N) is 1. The molecular formula is C33H36N4O5. The quantitative estimate of drug-likeness (QED) is 0.415. The van der Waals surface area contributed by atoms with Crippen LogP contribution in [0.5, 0.6) is 0 Å². The Labute approximate surface area is 244 Å². The molecule has 6 heterocycles. The van der Waals surface area contributed by atoms with E-state index >= 15 is 4.79 Å². The minimum atomic E-state index is -2.43. The minimum absolute atomic E-state index is 0.187. The largest absolute Gasteiger partial charge is 0.378 e. The maximum atomic E-state index is 15.0. The second-order valence-corrected chi connectivity index (χ2v) is 13.8. The third-order valence-electron chi connectivity index (χ3n) is 11.3. The lowest BCUT2D eigenvalue weighted by Crippen LogP contribution is -2.87. The van der Waals surface area contributed by atoms with Gasteiger partial charge in [-0.05, 0) is 38.5 Å². The summed E-state index contributed by atoms with van der Waals surface area (Å²) in [4.78, 5) is 38.0. The minimum Gasteiger partial charge on any atom is -0.378 e. The molecule has 3 saturated heterocycles. The lowest BCUT2D eigenvalue weighted by atomic mass is 9.61. The molecule has 218 valence electrons. The first-order chi connectivity index (χ1) is 19.8. The monoisotopic (exact) mass is 568 g/mol. The average molecular weight is 569 g/mol. The number of hydrogen-bond donors (Lipinski definition) is 3. The van der Waals surface area contributed by atoms with Gasteiger partial charge in [0, 0.05) is 63.9 Å². The molecule has 3 fully saturated rings. The smallest absolute Gasteiger partial charge is 0.283 e. The zero-order valence-corrected chi connectivity index (χ0v) is 24.7. The highest BCUT2D eigenvalue weighted by atomic mass is 16.5. The van der Waals surface area contributed by atoms with Gasteiger partial charge >= 0.3 is 0 Å². The van der Waals surface area contributed by atoms with Gasteiger partial charge in [-0.15, -0.1) is 0 Å². The third-order valence-corrected chi connectivity index (χ3v) is 11.3. The number of amides is 2. The molecule has 0 radical (unpaired) electrons. The summed E-state index contributed by atoms with van der Waals surface area (Å²) >= 11 is 0. The van der Waals surface area contributed by atoms with Gasteiger partial charge in [-0.3, -0.25) is 14.5 Å². The van der Waals surface area contributed by atoms with E-state index in [1.165, 1.54) is 16.9 Å². The number of aromatic amines is 1. The molecule has 5 atom stereocenters. The summed E-state index contributed by atoms with van der Waals surface area (Å²) < 4.78 is 5.93. The Morgan fingerprint density at radius 2 is 1.67 bits per heavy atom. The van der Waals surface area contributed by atoms with Crippen LogP contribution in [0.15, 0.2) is 54.2 Å². The predicted octanol–water partition coefficient (Wildman–Crippen LogP) is 3.41. The van der Waals surface area contributed by atoms with E-state index in [2.05, 4.69) is 32.7 Å². The van der Waals surface area contributed by atoms with Crippen LogP contribution in [0.25, 0.3) is 17.0 Å². The van der Waals surface area contributed by atoms with E-state index < -0.39 is 40.4 Å². The summed E-state index contributed by atoms with van der Waals surface area (Å²) in [6.07, 6.45) is 0.922. The fraction of sp³-hybridized carbons (Fsp3) is 0.455. The molecule has 42 heavy (non-hydrogen) atoms. The number of methoxy groups -OCH3 is 1. The number of para-hydroxylation sites is 2. The Morgan fingerprint density at radius 3 is 2.40 bits per heavy atom. The summed E-state index contributed by atoms with van der Waals surface area (Å²) in [6.45, 7) is 10.5. The lowest BCUT2D eigenvalue weighted by molar-refractivity contribution is -0.216. The zero-order valence-electron chi connectivity index (χ0n) is 24.7. The van der Waals surface area contributed by atoms with Gasteiger partial charge in [-0.25, -0.2) is 0 Å². The Hall–Kier alpha value is -3.66. The molecule has 8 rings (SSSR count). The number of H-pyrrole nitrogens is 1. The number of piperazine rings is 1. The Bertz CT molecular complexity index is 1770. The van der Waals surface area contributed by atoms with E-state index in [4.69, 9.17) is 4.74 Å². The second kappa shape index (κ2) is 7.45. The highest BCUT2D eigenvalue weighted by Gasteiger charge is 2.91. The van der Waals surface area contributed by atoms with Crippen LogP contribution in [0.1, 0.15) is 57.9 Å². The SMILES string of the molecule is CO[C@@H]1[C@]2(O)c3ccccc3N3C(C)(C)[C@H](C)[C@]32N2C(=O)/C3=C/c4c([nH]c5ccccc45)C(C)(C)CCN3C(=O)[C@]12O. The molecule has 0 saturated carbocycles. The number of nitrogens with zero attached hydrogens (tertiary/aromatic N) is 3. The zero-order chi connectivity index (χ0) is 29.8. The van der Waals surface area contributed by atoms with Crippen molar-refractivity contribution in [3.8, 4) is 0 Å².